The molecule has 0 radical (unpaired) electrons. The normalized spacial score (nSPS) is 15.6. The summed E-state index contributed by atoms with van der Waals surface area (Å²) in [6.45, 7) is 6.32. The van der Waals surface area contributed by atoms with E-state index in [9.17, 15) is 0 Å². The van der Waals surface area contributed by atoms with Crippen LogP contribution < -0.4 is 10.5 Å². The van der Waals surface area contributed by atoms with Gasteiger partial charge in [0, 0.05) is 12.1 Å². The van der Waals surface area contributed by atoms with Gasteiger partial charge in [-0.15, -0.1) is 0 Å². The fourth-order valence-electron chi connectivity index (χ4n) is 2.40. The quantitative estimate of drug-likeness (QED) is 0.468. The summed E-state index contributed by atoms with van der Waals surface area (Å²) in [5.41, 5.74) is 7.30. The largest absolute Gasteiger partial charge is 0.493 e. The van der Waals surface area contributed by atoms with Gasteiger partial charge in [-0.25, -0.2) is 0 Å². The number of hydrogen-bond acceptors (Lipinski definition) is 3. The van der Waals surface area contributed by atoms with E-state index in [4.69, 9.17) is 15.9 Å². The second kappa shape index (κ2) is 6.57. The molecule has 0 spiro atoms. The van der Waals surface area contributed by atoms with Gasteiger partial charge in [0.2, 0.25) is 0 Å². The van der Waals surface area contributed by atoms with Gasteiger partial charge in [0.25, 0.3) is 0 Å². The highest BCUT2D eigenvalue weighted by Gasteiger charge is 2.10. The lowest BCUT2D eigenvalue weighted by Crippen LogP contribution is -2.22. The summed E-state index contributed by atoms with van der Waals surface area (Å²) in [5.74, 6) is 0.927. The molecule has 1 heterocycles. The lowest BCUT2D eigenvalue weighted by Gasteiger charge is -2.15. The molecule has 0 unspecified atom stereocenters. The van der Waals surface area contributed by atoms with Crippen LogP contribution in [-0.2, 0) is 0 Å². The number of hydrogen-bond donors (Lipinski definition) is 2. The Morgan fingerprint density at radius 3 is 2.79 bits per heavy atom. The summed E-state index contributed by atoms with van der Waals surface area (Å²) in [4.78, 5) is 2.49. The molecule has 1 saturated heterocycles. The van der Waals surface area contributed by atoms with Gasteiger partial charge in [0.05, 0.1) is 6.61 Å². The van der Waals surface area contributed by atoms with Crippen LogP contribution in [0.2, 0.25) is 0 Å². The highest BCUT2D eigenvalue weighted by atomic mass is 16.5. The fourth-order valence-corrected chi connectivity index (χ4v) is 2.40. The lowest BCUT2D eigenvalue weighted by molar-refractivity contribution is 0.262. The third-order valence-corrected chi connectivity index (χ3v) is 3.57. The maximum absolute atomic E-state index is 7.44. The molecular formula is C15H23N3O. The van der Waals surface area contributed by atoms with Crippen molar-refractivity contribution in [3.05, 3.63) is 29.3 Å². The Labute approximate surface area is 115 Å². The van der Waals surface area contributed by atoms with Crippen LogP contribution in [0.3, 0.4) is 0 Å². The minimum atomic E-state index is 0.0851. The third kappa shape index (κ3) is 3.96. The van der Waals surface area contributed by atoms with Crippen molar-refractivity contribution >= 4 is 5.84 Å². The molecule has 4 nitrogen and oxygen atoms in total. The Hall–Kier alpha value is -1.55. The zero-order valence-electron chi connectivity index (χ0n) is 11.6. The van der Waals surface area contributed by atoms with Crippen molar-refractivity contribution in [2.24, 2.45) is 5.73 Å². The molecule has 1 aromatic carbocycles. The van der Waals surface area contributed by atoms with E-state index in [1.165, 1.54) is 25.9 Å². The van der Waals surface area contributed by atoms with Gasteiger partial charge >= 0.3 is 0 Å². The molecule has 0 aromatic heterocycles. The van der Waals surface area contributed by atoms with Crippen molar-refractivity contribution < 1.29 is 4.74 Å². The molecule has 0 bridgehead atoms. The van der Waals surface area contributed by atoms with Crippen LogP contribution >= 0.6 is 0 Å². The number of nitrogens with one attached hydrogen (secondary N) is 1. The van der Waals surface area contributed by atoms with E-state index in [0.29, 0.717) is 0 Å². The second-order valence-corrected chi connectivity index (χ2v) is 5.14. The fraction of sp³-hybridized carbons (Fsp3) is 0.533. The second-order valence-electron chi connectivity index (χ2n) is 5.14. The highest BCUT2D eigenvalue weighted by Crippen LogP contribution is 2.19. The number of ether oxygens (including phenoxy) is 1. The number of rotatable bonds is 6. The number of nitrogens with zero attached hydrogens (tertiary/aromatic N) is 1. The molecular weight excluding hydrogens is 238 g/mol. The van der Waals surface area contributed by atoms with Gasteiger partial charge < -0.3 is 15.4 Å². The van der Waals surface area contributed by atoms with Crippen LogP contribution in [0.25, 0.3) is 0 Å². The van der Waals surface area contributed by atoms with Gasteiger partial charge in [0.15, 0.2) is 0 Å². The SMILES string of the molecule is Cc1ccc(C(=N)N)cc1OCCCN1CCCC1. The van der Waals surface area contributed by atoms with Crippen molar-refractivity contribution in [3.8, 4) is 5.75 Å². The van der Waals surface area contributed by atoms with Crippen molar-refractivity contribution in [2.75, 3.05) is 26.2 Å². The van der Waals surface area contributed by atoms with Crippen LogP contribution in [0.4, 0.5) is 0 Å². The first-order valence-corrected chi connectivity index (χ1v) is 6.97. The van der Waals surface area contributed by atoms with E-state index >= 15 is 0 Å². The standard InChI is InChI=1S/C15H23N3O/c1-12-5-6-13(15(16)17)11-14(12)19-10-4-9-18-7-2-3-8-18/h5-6,11H,2-4,7-10H2,1H3,(H3,16,17). The van der Waals surface area contributed by atoms with E-state index in [1.54, 1.807) is 0 Å². The number of nitrogen functional groups attached to an aromatic ring is 1. The maximum atomic E-state index is 7.44. The predicted molar refractivity (Wildman–Crippen MR) is 78.0 cm³/mol. The van der Waals surface area contributed by atoms with Crippen molar-refractivity contribution in [2.45, 2.75) is 26.2 Å². The molecule has 1 aromatic rings. The summed E-state index contributed by atoms with van der Waals surface area (Å²) in [5, 5.41) is 7.44. The summed E-state index contributed by atoms with van der Waals surface area (Å²) < 4.78 is 5.81. The Morgan fingerprint density at radius 1 is 1.37 bits per heavy atom. The minimum Gasteiger partial charge on any atom is -0.493 e. The van der Waals surface area contributed by atoms with Gasteiger partial charge in [-0.1, -0.05) is 12.1 Å². The molecule has 3 N–H and O–H groups in total. The van der Waals surface area contributed by atoms with Crippen LogP contribution in [0.1, 0.15) is 30.4 Å². The first kappa shape index (κ1) is 13.9. The van der Waals surface area contributed by atoms with Crippen molar-refractivity contribution in [1.82, 2.24) is 4.90 Å². The monoisotopic (exact) mass is 261 g/mol. The summed E-state index contributed by atoms with van der Waals surface area (Å²) in [6, 6.07) is 5.66. The van der Waals surface area contributed by atoms with E-state index < -0.39 is 0 Å². The van der Waals surface area contributed by atoms with Crippen LogP contribution in [0.5, 0.6) is 5.75 Å². The first-order chi connectivity index (χ1) is 9.16. The molecule has 0 aliphatic carbocycles. The van der Waals surface area contributed by atoms with Crippen LogP contribution in [-0.4, -0.2) is 37.0 Å². The number of amidine groups is 1. The summed E-state index contributed by atoms with van der Waals surface area (Å²) in [7, 11) is 0. The molecule has 19 heavy (non-hydrogen) atoms. The van der Waals surface area contributed by atoms with Gasteiger partial charge in [0.1, 0.15) is 11.6 Å². The average molecular weight is 261 g/mol. The summed E-state index contributed by atoms with van der Waals surface area (Å²) in [6.07, 6.45) is 3.71. The Balaban J connectivity index is 1.81. The topological polar surface area (TPSA) is 62.3 Å². The molecule has 1 fully saturated rings. The first-order valence-electron chi connectivity index (χ1n) is 6.97. The maximum Gasteiger partial charge on any atom is 0.122 e. The molecule has 0 amide bonds. The highest BCUT2D eigenvalue weighted by molar-refractivity contribution is 5.95. The van der Waals surface area contributed by atoms with E-state index in [1.807, 2.05) is 25.1 Å². The van der Waals surface area contributed by atoms with Gasteiger partial charge in [-0.3, -0.25) is 5.41 Å². The molecule has 0 atom stereocenters. The Kier molecular flexibility index (Phi) is 4.80. The zero-order chi connectivity index (χ0) is 13.7. The smallest absolute Gasteiger partial charge is 0.122 e. The molecule has 104 valence electrons. The third-order valence-electron chi connectivity index (χ3n) is 3.57. The molecule has 1 aliphatic heterocycles. The number of aryl methyl sites for hydroxylation is 1. The van der Waals surface area contributed by atoms with Crippen LogP contribution in [0.15, 0.2) is 18.2 Å². The van der Waals surface area contributed by atoms with Crippen molar-refractivity contribution in [3.63, 3.8) is 0 Å². The summed E-state index contributed by atoms with van der Waals surface area (Å²) >= 11 is 0. The Morgan fingerprint density at radius 2 is 2.11 bits per heavy atom. The van der Waals surface area contributed by atoms with Gasteiger partial charge in [-0.05, 0) is 50.9 Å². The van der Waals surface area contributed by atoms with Crippen LogP contribution in [0, 0.1) is 12.3 Å². The number of nitrogens with two attached hydrogens (primary N) is 1. The number of likely N-dealkylation sites (tertiary alicyclic amines) is 1. The minimum absolute atomic E-state index is 0.0851. The van der Waals surface area contributed by atoms with E-state index in [0.717, 1.165) is 36.4 Å². The number of benzene rings is 1. The zero-order valence-corrected chi connectivity index (χ0v) is 11.6. The van der Waals surface area contributed by atoms with E-state index in [-0.39, 0.29) is 5.84 Å². The average Bonchev–Trinajstić information content (AvgIpc) is 2.89. The predicted octanol–water partition coefficient (Wildman–Crippen LogP) is 2.14. The lowest BCUT2D eigenvalue weighted by atomic mass is 10.1. The molecule has 0 saturated carbocycles. The molecule has 2 rings (SSSR count). The Bertz CT molecular complexity index is 439. The molecule has 4 heteroatoms. The van der Waals surface area contributed by atoms with Gasteiger partial charge in [-0.2, -0.15) is 0 Å². The molecule has 1 aliphatic rings. The van der Waals surface area contributed by atoms with Crippen molar-refractivity contribution in [1.29, 1.82) is 5.41 Å². The van der Waals surface area contributed by atoms with E-state index in [2.05, 4.69) is 4.90 Å².